The Kier molecular flexibility index (Phi) is 7.22. The summed E-state index contributed by atoms with van der Waals surface area (Å²) >= 11 is 8.71. The number of benzene rings is 1. The highest BCUT2D eigenvalue weighted by Crippen LogP contribution is 2.26. The monoisotopic (exact) mass is 444 g/mol. The highest BCUT2D eigenvalue weighted by Gasteiger charge is 2.33. The Morgan fingerprint density at radius 2 is 2.07 bits per heavy atom. The summed E-state index contributed by atoms with van der Waals surface area (Å²) in [5, 5.41) is 5.39. The van der Waals surface area contributed by atoms with Crippen molar-refractivity contribution in [2.45, 2.75) is 21.9 Å². The SMILES string of the molecule is O=C(NCCSc1ccc(Cl)cc1)[C@H]1CCCN(S(=O)(=O)c2cccs2)C1. The van der Waals surface area contributed by atoms with Gasteiger partial charge in [0.05, 0.1) is 5.92 Å². The van der Waals surface area contributed by atoms with Crippen molar-refractivity contribution in [3.05, 3.63) is 46.8 Å². The lowest BCUT2D eigenvalue weighted by Gasteiger charge is -2.30. The minimum absolute atomic E-state index is 0.0715. The first kappa shape index (κ1) is 20.7. The Labute approximate surface area is 173 Å². The zero-order valence-electron chi connectivity index (χ0n) is 14.6. The first-order chi connectivity index (χ1) is 13.0. The lowest BCUT2D eigenvalue weighted by Crippen LogP contribution is -2.45. The van der Waals surface area contributed by atoms with Gasteiger partial charge in [0.15, 0.2) is 0 Å². The number of sulfonamides is 1. The Morgan fingerprint density at radius 3 is 2.78 bits per heavy atom. The predicted molar refractivity (Wildman–Crippen MR) is 111 cm³/mol. The van der Waals surface area contributed by atoms with Crippen LogP contribution in [0.3, 0.4) is 0 Å². The van der Waals surface area contributed by atoms with E-state index >= 15 is 0 Å². The highest BCUT2D eigenvalue weighted by molar-refractivity contribution is 7.99. The summed E-state index contributed by atoms with van der Waals surface area (Å²) in [6.07, 6.45) is 1.41. The van der Waals surface area contributed by atoms with Gasteiger partial charge in [0.25, 0.3) is 10.0 Å². The molecule has 9 heteroatoms. The lowest BCUT2D eigenvalue weighted by atomic mass is 9.99. The van der Waals surface area contributed by atoms with Gasteiger partial charge in [-0.1, -0.05) is 17.7 Å². The van der Waals surface area contributed by atoms with Crippen LogP contribution in [0.4, 0.5) is 0 Å². The van der Waals surface area contributed by atoms with Crippen molar-refractivity contribution in [1.29, 1.82) is 0 Å². The lowest BCUT2D eigenvalue weighted by molar-refractivity contribution is -0.125. The fourth-order valence-corrected chi connectivity index (χ4v) is 6.49. The van der Waals surface area contributed by atoms with Gasteiger partial charge in [-0.25, -0.2) is 8.42 Å². The van der Waals surface area contributed by atoms with Crippen molar-refractivity contribution >= 4 is 50.6 Å². The minimum atomic E-state index is -3.49. The van der Waals surface area contributed by atoms with E-state index in [1.165, 1.54) is 15.6 Å². The number of piperidine rings is 1. The largest absolute Gasteiger partial charge is 0.355 e. The number of thiophene rings is 1. The van der Waals surface area contributed by atoms with Crippen molar-refractivity contribution in [2.75, 3.05) is 25.4 Å². The van der Waals surface area contributed by atoms with Gasteiger partial charge in [0.2, 0.25) is 5.91 Å². The molecule has 1 atom stereocenters. The van der Waals surface area contributed by atoms with Crippen molar-refractivity contribution in [3.63, 3.8) is 0 Å². The van der Waals surface area contributed by atoms with E-state index in [0.717, 1.165) is 10.6 Å². The molecule has 1 fully saturated rings. The zero-order chi connectivity index (χ0) is 19.3. The van der Waals surface area contributed by atoms with Crippen LogP contribution in [0.15, 0.2) is 50.9 Å². The highest BCUT2D eigenvalue weighted by atomic mass is 35.5. The van der Waals surface area contributed by atoms with Gasteiger partial charge in [-0.15, -0.1) is 23.1 Å². The summed E-state index contributed by atoms with van der Waals surface area (Å²) in [7, 11) is -3.49. The van der Waals surface area contributed by atoms with Gasteiger partial charge in [-0.2, -0.15) is 4.31 Å². The van der Waals surface area contributed by atoms with Gasteiger partial charge in [-0.05, 0) is 48.6 Å². The van der Waals surface area contributed by atoms with Crippen LogP contribution in [0, 0.1) is 5.92 Å². The molecule has 1 amide bonds. The zero-order valence-corrected chi connectivity index (χ0v) is 17.8. The summed E-state index contributed by atoms with van der Waals surface area (Å²) in [6.45, 7) is 1.26. The first-order valence-electron chi connectivity index (χ1n) is 8.66. The van der Waals surface area contributed by atoms with E-state index in [1.54, 1.807) is 29.3 Å². The second-order valence-electron chi connectivity index (χ2n) is 6.23. The molecule has 0 radical (unpaired) electrons. The number of halogens is 1. The maximum absolute atomic E-state index is 12.6. The molecule has 1 N–H and O–H groups in total. The third-order valence-electron chi connectivity index (χ3n) is 4.33. The minimum Gasteiger partial charge on any atom is -0.355 e. The van der Waals surface area contributed by atoms with E-state index in [-0.39, 0.29) is 18.4 Å². The second kappa shape index (κ2) is 9.43. The molecule has 27 heavy (non-hydrogen) atoms. The second-order valence-corrected chi connectivity index (χ2v) is 10.9. The number of carbonyl (C=O) groups excluding carboxylic acids is 1. The van der Waals surface area contributed by atoms with E-state index < -0.39 is 10.0 Å². The van der Waals surface area contributed by atoms with Crippen LogP contribution in [-0.2, 0) is 14.8 Å². The van der Waals surface area contributed by atoms with Crippen molar-refractivity contribution in [3.8, 4) is 0 Å². The number of hydrogen-bond acceptors (Lipinski definition) is 5. The number of nitrogens with zero attached hydrogens (tertiary/aromatic N) is 1. The van der Waals surface area contributed by atoms with Crippen LogP contribution >= 0.6 is 34.7 Å². The molecule has 0 saturated carbocycles. The third kappa shape index (κ3) is 5.48. The molecule has 1 aliphatic rings. The van der Waals surface area contributed by atoms with Crippen LogP contribution in [0.25, 0.3) is 0 Å². The van der Waals surface area contributed by atoms with Gasteiger partial charge in [-0.3, -0.25) is 4.79 Å². The van der Waals surface area contributed by atoms with E-state index in [2.05, 4.69) is 5.32 Å². The maximum atomic E-state index is 12.6. The Bertz CT molecular complexity index is 854. The molecule has 1 aliphatic heterocycles. The smallest absolute Gasteiger partial charge is 0.252 e. The molecule has 0 bridgehead atoms. The predicted octanol–water partition coefficient (Wildman–Crippen LogP) is 3.71. The molecular formula is C18H21ClN2O3S3. The molecule has 1 aromatic carbocycles. The molecule has 0 unspecified atom stereocenters. The standard InChI is InChI=1S/C18H21ClN2O3S3/c19-15-5-7-16(8-6-15)25-12-9-20-18(22)14-3-1-10-21(13-14)27(23,24)17-4-2-11-26-17/h2,4-8,11,14H,1,3,9-10,12-13H2,(H,20,22)/t14-/m0/s1. The summed E-state index contributed by atoms with van der Waals surface area (Å²) in [6, 6.07) is 10.9. The quantitative estimate of drug-likeness (QED) is 0.522. The van der Waals surface area contributed by atoms with E-state index in [4.69, 9.17) is 11.6 Å². The van der Waals surface area contributed by atoms with Gasteiger partial charge in [0.1, 0.15) is 4.21 Å². The Morgan fingerprint density at radius 1 is 1.30 bits per heavy atom. The van der Waals surface area contributed by atoms with Crippen LogP contribution in [0.1, 0.15) is 12.8 Å². The third-order valence-corrected chi connectivity index (χ3v) is 8.83. The fourth-order valence-electron chi connectivity index (χ4n) is 2.93. The van der Waals surface area contributed by atoms with Crippen molar-refractivity contribution < 1.29 is 13.2 Å². The molecule has 1 aromatic heterocycles. The number of hydrogen-bond donors (Lipinski definition) is 1. The molecule has 1 saturated heterocycles. The Hall–Kier alpha value is -1.06. The van der Waals surface area contributed by atoms with E-state index in [9.17, 15) is 13.2 Å². The molecule has 0 aliphatic carbocycles. The molecule has 0 spiro atoms. The van der Waals surface area contributed by atoms with Gasteiger partial charge >= 0.3 is 0 Å². The van der Waals surface area contributed by atoms with Gasteiger partial charge in [0, 0.05) is 35.3 Å². The number of rotatable bonds is 7. The van der Waals surface area contributed by atoms with E-state index in [0.29, 0.717) is 35.2 Å². The van der Waals surface area contributed by atoms with Gasteiger partial charge < -0.3 is 5.32 Å². The molecule has 146 valence electrons. The average Bonchev–Trinajstić information content (AvgIpc) is 3.22. The van der Waals surface area contributed by atoms with Crippen LogP contribution in [0.2, 0.25) is 5.02 Å². The number of carbonyl (C=O) groups is 1. The molecule has 2 aromatic rings. The summed E-state index contributed by atoms with van der Waals surface area (Å²) in [4.78, 5) is 13.6. The summed E-state index contributed by atoms with van der Waals surface area (Å²) in [5.41, 5.74) is 0. The molecule has 5 nitrogen and oxygen atoms in total. The number of nitrogens with one attached hydrogen (secondary N) is 1. The molecule has 2 heterocycles. The van der Waals surface area contributed by atoms with Crippen LogP contribution < -0.4 is 5.32 Å². The van der Waals surface area contributed by atoms with Crippen LogP contribution in [-0.4, -0.2) is 44.0 Å². The normalized spacial score (nSPS) is 18.3. The van der Waals surface area contributed by atoms with Crippen molar-refractivity contribution in [2.24, 2.45) is 5.92 Å². The topological polar surface area (TPSA) is 66.5 Å². The first-order valence-corrected chi connectivity index (χ1v) is 12.3. The average molecular weight is 445 g/mol. The number of amides is 1. The van der Waals surface area contributed by atoms with Crippen LogP contribution in [0.5, 0.6) is 0 Å². The van der Waals surface area contributed by atoms with Crippen molar-refractivity contribution in [1.82, 2.24) is 9.62 Å². The summed E-state index contributed by atoms with van der Waals surface area (Å²) in [5.74, 6) is 0.379. The molecular weight excluding hydrogens is 424 g/mol. The van der Waals surface area contributed by atoms with E-state index in [1.807, 2.05) is 24.3 Å². The summed E-state index contributed by atoms with van der Waals surface area (Å²) < 4.78 is 27.1. The molecule has 3 rings (SSSR count). The Balaban J connectivity index is 1.47. The fraction of sp³-hybridized carbons (Fsp3) is 0.389. The number of thioether (sulfide) groups is 1. The maximum Gasteiger partial charge on any atom is 0.252 e.